The van der Waals surface area contributed by atoms with E-state index in [9.17, 15) is 10.1 Å². The second kappa shape index (κ2) is 5.46. The van der Waals surface area contributed by atoms with Crippen molar-refractivity contribution < 1.29 is 4.92 Å². The summed E-state index contributed by atoms with van der Waals surface area (Å²) < 4.78 is 0. The van der Waals surface area contributed by atoms with E-state index in [-0.39, 0.29) is 11.7 Å². The average Bonchev–Trinajstić information content (AvgIpc) is 2.80. The van der Waals surface area contributed by atoms with Crippen molar-refractivity contribution >= 4 is 17.0 Å². The predicted octanol–water partition coefficient (Wildman–Crippen LogP) is 3.44. The van der Waals surface area contributed by atoms with E-state index in [1.807, 2.05) is 19.9 Å². The van der Waals surface area contributed by atoms with E-state index < -0.39 is 4.92 Å². The van der Waals surface area contributed by atoms with Crippen LogP contribution >= 0.6 is 11.3 Å². The zero-order valence-electron chi connectivity index (χ0n) is 10.8. The highest BCUT2D eigenvalue weighted by molar-refractivity contribution is 7.12. The van der Waals surface area contributed by atoms with Gasteiger partial charge in [-0.3, -0.25) is 10.1 Å². The van der Waals surface area contributed by atoms with Crippen LogP contribution < -0.4 is 5.73 Å². The molecule has 0 amide bonds. The molecule has 0 spiro atoms. The third-order valence-electron chi connectivity index (χ3n) is 2.90. The van der Waals surface area contributed by atoms with Crippen LogP contribution in [0, 0.1) is 17.0 Å². The largest absolute Gasteiger partial charge is 0.322 e. The molecule has 1 atom stereocenters. The van der Waals surface area contributed by atoms with E-state index in [0.717, 1.165) is 27.6 Å². The van der Waals surface area contributed by atoms with Crippen LogP contribution in [-0.4, -0.2) is 9.91 Å². The lowest BCUT2D eigenvalue weighted by atomic mass is 10.1. The normalized spacial score (nSPS) is 12.4. The van der Waals surface area contributed by atoms with Gasteiger partial charge in [0.15, 0.2) is 0 Å². The minimum absolute atomic E-state index is 0.0730. The molecule has 5 nitrogen and oxygen atoms in total. The zero-order valence-corrected chi connectivity index (χ0v) is 11.6. The van der Waals surface area contributed by atoms with Gasteiger partial charge in [0.05, 0.1) is 16.7 Å². The van der Waals surface area contributed by atoms with Gasteiger partial charge in [-0.25, -0.2) is 4.98 Å². The highest BCUT2D eigenvalue weighted by Crippen LogP contribution is 2.32. The molecule has 2 aromatic rings. The molecule has 0 aliphatic heterocycles. The van der Waals surface area contributed by atoms with Gasteiger partial charge in [0.1, 0.15) is 5.01 Å². The molecule has 2 N–H and O–H groups in total. The summed E-state index contributed by atoms with van der Waals surface area (Å²) in [7, 11) is 0. The van der Waals surface area contributed by atoms with Gasteiger partial charge in [-0.1, -0.05) is 19.1 Å². The smallest absolute Gasteiger partial charge is 0.270 e. The minimum Gasteiger partial charge on any atom is -0.322 e. The fourth-order valence-electron chi connectivity index (χ4n) is 1.78. The summed E-state index contributed by atoms with van der Waals surface area (Å²) >= 11 is 1.55. The Morgan fingerprint density at radius 3 is 2.89 bits per heavy atom. The Bertz CT molecular complexity index is 610. The molecule has 0 fully saturated rings. The molecule has 100 valence electrons. The highest BCUT2D eigenvalue weighted by atomic mass is 32.1. The van der Waals surface area contributed by atoms with Crippen LogP contribution in [0.5, 0.6) is 0 Å². The fourth-order valence-corrected chi connectivity index (χ4v) is 2.81. The topological polar surface area (TPSA) is 82.0 Å². The molecule has 1 heterocycles. The van der Waals surface area contributed by atoms with Crippen LogP contribution in [0.15, 0.2) is 24.3 Å². The van der Waals surface area contributed by atoms with Crippen molar-refractivity contribution in [2.24, 2.45) is 5.73 Å². The van der Waals surface area contributed by atoms with Crippen LogP contribution in [0.2, 0.25) is 0 Å². The molecule has 0 saturated carbocycles. The molecular formula is C13H15N3O2S. The lowest BCUT2D eigenvalue weighted by molar-refractivity contribution is -0.384. The van der Waals surface area contributed by atoms with E-state index in [1.165, 1.54) is 6.07 Å². The van der Waals surface area contributed by atoms with Gasteiger partial charge in [0.25, 0.3) is 5.69 Å². The Hall–Kier alpha value is -1.79. The van der Waals surface area contributed by atoms with Crippen molar-refractivity contribution in [1.82, 2.24) is 4.98 Å². The Kier molecular flexibility index (Phi) is 3.92. The number of nitrogens with zero attached hydrogens (tertiary/aromatic N) is 2. The number of non-ortho nitro benzene ring substituents is 1. The highest BCUT2D eigenvalue weighted by Gasteiger charge is 2.15. The molecule has 0 saturated heterocycles. The molecule has 2 rings (SSSR count). The fraction of sp³-hybridized carbons (Fsp3) is 0.308. The van der Waals surface area contributed by atoms with Crippen molar-refractivity contribution in [3.63, 3.8) is 0 Å². The first-order chi connectivity index (χ1) is 9.02. The van der Waals surface area contributed by atoms with Crippen molar-refractivity contribution in [2.75, 3.05) is 0 Å². The second-order valence-corrected chi connectivity index (χ2v) is 5.51. The maximum atomic E-state index is 10.8. The summed E-state index contributed by atoms with van der Waals surface area (Å²) in [6, 6.07) is 6.45. The first-order valence-electron chi connectivity index (χ1n) is 6.00. The molecule has 0 bridgehead atoms. The molecule has 19 heavy (non-hydrogen) atoms. The van der Waals surface area contributed by atoms with Crippen molar-refractivity contribution in [3.8, 4) is 11.3 Å². The number of aryl methyl sites for hydroxylation is 1. The Balaban J connectivity index is 2.44. The lowest BCUT2D eigenvalue weighted by Crippen LogP contribution is -2.07. The first-order valence-corrected chi connectivity index (χ1v) is 6.82. The van der Waals surface area contributed by atoms with Crippen LogP contribution in [0.25, 0.3) is 11.3 Å². The molecule has 0 aliphatic carbocycles. The third kappa shape index (κ3) is 2.80. The summed E-state index contributed by atoms with van der Waals surface area (Å²) in [6.45, 7) is 3.96. The van der Waals surface area contributed by atoms with E-state index in [1.54, 1.807) is 23.5 Å². The number of nitro groups is 1. The molecule has 0 radical (unpaired) electrons. The van der Waals surface area contributed by atoms with Crippen molar-refractivity contribution in [1.29, 1.82) is 0 Å². The maximum absolute atomic E-state index is 10.8. The van der Waals surface area contributed by atoms with E-state index in [2.05, 4.69) is 4.98 Å². The minimum atomic E-state index is -0.399. The van der Waals surface area contributed by atoms with E-state index in [0.29, 0.717) is 0 Å². The standard InChI is InChI=1S/C13H15N3O2S/c1-3-11(14)13-15-12(8(2)19-13)9-5-4-6-10(7-9)16(17)18/h4-7,11H,3,14H2,1-2H3. The quantitative estimate of drug-likeness (QED) is 0.685. The van der Waals surface area contributed by atoms with Gasteiger partial charge in [-0.05, 0) is 13.3 Å². The van der Waals surface area contributed by atoms with Gasteiger partial charge < -0.3 is 5.73 Å². The van der Waals surface area contributed by atoms with Crippen molar-refractivity contribution in [3.05, 3.63) is 44.3 Å². The van der Waals surface area contributed by atoms with Crippen LogP contribution in [0.1, 0.15) is 29.3 Å². The Morgan fingerprint density at radius 1 is 1.53 bits per heavy atom. The summed E-state index contributed by atoms with van der Waals surface area (Å²) in [6.07, 6.45) is 0.821. The number of nitrogens with two attached hydrogens (primary N) is 1. The molecule has 1 aromatic carbocycles. The summed E-state index contributed by atoms with van der Waals surface area (Å²) in [4.78, 5) is 15.9. The van der Waals surface area contributed by atoms with Crippen molar-refractivity contribution in [2.45, 2.75) is 26.3 Å². The van der Waals surface area contributed by atoms with Gasteiger partial charge in [-0.15, -0.1) is 11.3 Å². The Morgan fingerprint density at radius 2 is 2.26 bits per heavy atom. The van der Waals surface area contributed by atoms with Crippen LogP contribution in [-0.2, 0) is 0 Å². The van der Waals surface area contributed by atoms with Gasteiger partial charge >= 0.3 is 0 Å². The van der Waals surface area contributed by atoms with E-state index >= 15 is 0 Å². The summed E-state index contributed by atoms with van der Waals surface area (Å²) in [5.74, 6) is 0. The predicted molar refractivity (Wildman–Crippen MR) is 76.2 cm³/mol. The SMILES string of the molecule is CCC(N)c1nc(-c2cccc([N+](=O)[O-])c2)c(C)s1. The number of aromatic nitrogens is 1. The average molecular weight is 277 g/mol. The second-order valence-electron chi connectivity index (χ2n) is 4.28. The van der Waals surface area contributed by atoms with Crippen LogP contribution in [0.4, 0.5) is 5.69 Å². The monoisotopic (exact) mass is 277 g/mol. The lowest BCUT2D eigenvalue weighted by Gasteiger charge is -2.02. The van der Waals surface area contributed by atoms with Crippen LogP contribution in [0.3, 0.4) is 0 Å². The number of hydrogen-bond donors (Lipinski definition) is 1. The summed E-state index contributed by atoms with van der Waals surface area (Å²) in [5.41, 5.74) is 7.59. The zero-order chi connectivity index (χ0) is 14.0. The summed E-state index contributed by atoms with van der Waals surface area (Å²) in [5, 5.41) is 11.7. The molecule has 6 heteroatoms. The third-order valence-corrected chi connectivity index (χ3v) is 4.00. The molecule has 1 unspecified atom stereocenters. The van der Waals surface area contributed by atoms with Gasteiger partial charge in [0, 0.05) is 22.6 Å². The molecule has 0 aliphatic rings. The molecule has 1 aromatic heterocycles. The molecular weight excluding hydrogens is 262 g/mol. The number of benzene rings is 1. The number of nitro benzene ring substituents is 1. The maximum Gasteiger partial charge on any atom is 0.270 e. The number of hydrogen-bond acceptors (Lipinski definition) is 5. The van der Waals surface area contributed by atoms with Gasteiger partial charge in [0.2, 0.25) is 0 Å². The number of rotatable bonds is 4. The van der Waals surface area contributed by atoms with E-state index in [4.69, 9.17) is 5.73 Å². The Labute approximate surface area is 115 Å². The number of thiazole rings is 1. The first kappa shape index (κ1) is 13.6. The van der Waals surface area contributed by atoms with Gasteiger partial charge in [-0.2, -0.15) is 0 Å².